The quantitative estimate of drug-likeness (QED) is 0.0730. The van der Waals surface area contributed by atoms with Crippen LogP contribution in [0.25, 0.3) is 43.1 Å². The Bertz CT molecular complexity index is 3460. The van der Waals surface area contributed by atoms with Crippen molar-refractivity contribution in [1.29, 1.82) is 0 Å². The van der Waals surface area contributed by atoms with Gasteiger partial charge in [-0.1, -0.05) is 116 Å². The molecule has 0 radical (unpaired) electrons. The van der Waals surface area contributed by atoms with E-state index in [-0.39, 0.29) is 41.4 Å². The first-order valence-electron chi connectivity index (χ1n) is 24.6. The lowest BCUT2D eigenvalue weighted by Crippen LogP contribution is -2.42. The van der Waals surface area contributed by atoms with Crippen LogP contribution in [0.1, 0.15) is 148 Å². The largest absolute Gasteiger partial charge is 0.497 e. The van der Waals surface area contributed by atoms with Crippen LogP contribution in [0.5, 0.6) is 28.7 Å². The molecule has 11 rings (SSSR count). The number of imide groups is 2. The maximum atomic E-state index is 15.6. The van der Waals surface area contributed by atoms with Gasteiger partial charge in [-0.3, -0.25) is 19.2 Å². The predicted octanol–water partition coefficient (Wildman–Crippen LogP) is 14.9. The van der Waals surface area contributed by atoms with Crippen LogP contribution in [0.3, 0.4) is 0 Å². The van der Waals surface area contributed by atoms with E-state index in [1.807, 2.05) is 48.5 Å². The summed E-state index contributed by atoms with van der Waals surface area (Å²) in [6.45, 7) is 16.3. The van der Waals surface area contributed by atoms with Crippen molar-refractivity contribution in [2.45, 2.75) is 85.7 Å². The molecule has 2 aliphatic rings. The summed E-state index contributed by atoms with van der Waals surface area (Å²) in [4.78, 5) is 64.5. The van der Waals surface area contributed by atoms with E-state index < -0.39 is 23.6 Å². The van der Waals surface area contributed by atoms with Gasteiger partial charge in [0.2, 0.25) is 0 Å². The number of nitrogens with zero attached hydrogens (tertiary/aromatic N) is 2. The molecule has 2 heterocycles. The summed E-state index contributed by atoms with van der Waals surface area (Å²) in [6.07, 6.45) is 0. The van der Waals surface area contributed by atoms with Gasteiger partial charge in [-0.15, -0.1) is 0 Å². The second-order valence-electron chi connectivity index (χ2n) is 20.2. The fourth-order valence-corrected chi connectivity index (χ4v) is 11.1. The van der Waals surface area contributed by atoms with E-state index in [2.05, 4.69) is 55.4 Å². The van der Waals surface area contributed by atoms with Crippen LogP contribution in [-0.4, -0.2) is 35.8 Å². The number of rotatable bonds is 12. The third-order valence-corrected chi connectivity index (χ3v) is 14.5. The van der Waals surface area contributed by atoms with E-state index in [1.54, 1.807) is 79.9 Å². The van der Waals surface area contributed by atoms with Gasteiger partial charge in [0.25, 0.3) is 23.6 Å². The van der Waals surface area contributed by atoms with Crippen molar-refractivity contribution >= 4 is 78.1 Å². The Morgan fingerprint density at radius 2 is 0.764 bits per heavy atom. The molecule has 10 heteroatoms. The van der Waals surface area contributed by atoms with Crippen LogP contribution in [-0.2, 0) is 6.61 Å². The van der Waals surface area contributed by atoms with E-state index in [4.69, 9.17) is 14.2 Å². The molecule has 1 N–H and O–H groups in total. The average molecular weight is 955 g/mol. The molecule has 0 spiro atoms. The number of methoxy groups -OCH3 is 1. The van der Waals surface area contributed by atoms with Gasteiger partial charge < -0.3 is 19.3 Å². The number of hydrogen-bond acceptors (Lipinski definition) is 8. The third kappa shape index (κ3) is 6.94. The number of para-hydroxylation sites is 2. The Labute approximate surface area is 417 Å². The lowest BCUT2D eigenvalue weighted by atomic mass is 9.80. The number of carbonyl (C=O) groups is 4. The lowest BCUT2D eigenvalue weighted by Gasteiger charge is -2.34. The van der Waals surface area contributed by atoms with Gasteiger partial charge in [0, 0.05) is 43.4 Å². The molecule has 9 aromatic carbocycles. The molecule has 0 saturated carbocycles. The lowest BCUT2D eigenvalue weighted by molar-refractivity contribution is 0.0877. The smallest absolute Gasteiger partial charge is 0.266 e. The number of hydrogen-bond donors (Lipinski definition) is 1. The van der Waals surface area contributed by atoms with Crippen molar-refractivity contribution in [2.24, 2.45) is 0 Å². The minimum atomic E-state index is -0.490. The van der Waals surface area contributed by atoms with E-state index in [9.17, 15) is 5.11 Å². The van der Waals surface area contributed by atoms with E-state index in [1.165, 1.54) is 9.80 Å². The molecule has 0 aromatic heterocycles. The molecule has 0 bridgehead atoms. The number of aliphatic hydroxyl groups excluding tert-OH is 1. The summed E-state index contributed by atoms with van der Waals surface area (Å²) in [5.41, 5.74) is 6.61. The molecule has 2 aliphatic heterocycles. The topological polar surface area (TPSA) is 123 Å². The maximum Gasteiger partial charge on any atom is 0.266 e. The highest BCUT2D eigenvalue weighted by atomic mass is 16.5. The van der Waals surface area contributed by atoms with Gasteiger partial charge in [-0.2, -0.15) is 0 Å². The number of benzene rings is 9. The first-order valence-corrected chi connectivity index (χ1v) is 24.6. The first kappa shape index (κ1) is 46.3. The minimum absolute atomic E-state index is 0.00467. The van der Waals surface area contributed by atoms with Crippen LogP contribution in [0, 0.1) is 0 Å². The molecule has 72 heavy (non-hydrogen) atoms. The zero-order valence-corrected chi connectivity index (χ0v) is 41.8. The van der Waals surface area contributed by atoms with E-state index in [0.29, 0.717) is 99.9 Å². The SMILES string of the molecule is COc1ccc(Oc2cc3c4c(ccc5c6c(Oc7ccc(CO)cc7)cc7c8c(ccc(c2c45)c86)C(=O)N(c2c(C(C)C)cccc2C(C)C)C7=O)C(=O)N(c2c(C(C)C)cccc2C(C)C)C3=O)cc1. The molecule has 0 unspecified atom stereocenters. The van der Waals surface area contributed by atoms with E-state index >= 15 is 19.2 Å². The summed E-state index contributed by atoms with van der Waals surface area (Å²) in [5, 5.41) is 14.5. The molecule has 0 fully saturated rings. The van der Waals surface area contributed by atoms with Gasteiger partial charge in [-0.05, 0) is 123 Å². The Morgan fingerprint density at radius 3 is 1.11 bits per heavy atom. The van der Waals surface area contributed by atoms with Gasteiger partial charge in [0.05, 0.1) is 36.2 Å². The van der Waals surface area contributed by atoms with Crippen LogP contribution in [0.4, 0.5) is 11.4 Å². The van der Waals surface area contributed by atoms with Crippen molar-refractivity contribution in [3.63, 3.8) is 0 Å². The standard InChI is InChI=1S/C62H54N2O8/c1-31(2)39-12-10-13-40(32(3)4)57(39)63-59(66)45-27-25-44-54-50(72-38-22-20-36(70-9)21-23-38)29-48-52-46(60(67)64(62(48)69)58-41(33(5)6)14-11-15-42(58)34(7)8)26-24-43(56(52)54)53-49(28-47(61(63)68)51(45)55(44)53)71-37-18-16-35(30-65)17-19-37/h10-29,31-34,65H,30H2,1-9H3. The highest BCUT2D eigenvalue weighted by molar-refractivity contribution is 6.46. The van der Waals surface area contributed by atoms with Crippen LogP contribution >= 0.6 is 0 Å². The highest BCUT2D eigenvalue weighted by Gasteiger charge is 2.42. The molecule has 0 aliphatic carbocycles. The molecule has 0 saturated heterocycles. The molecule has 9 aromatic rings. The summed E-state index contributed by atoms with van der Waals surface area (Å²) >= 11 is 0. The van der Waals surface area contributed by atoms with Crippen molar-refractivity contribution in [1.82, 2.24) is 0 Å². The molecule has 0 atom stereocenters. The average Bonchev–Trinajstić information content (AvgIpc) is 3.37. The van der Waals surface area contributed by atoms with Crippen molar-refractivity contribution in [3.05, 3.63) is 171 Å². The summed E-state index contributed by atoms with van der Waals surface area (Å²) in [5.74, 6) is 0.307. The second kappa shape index (κ2) is 17.3. The van der Waals surface area contributed by atoms with Gasteiger partial charge in [0.15, 0.2) is 0 Å². The number of carbonyl (C=O) groups excluding carboxylic acids is 4. The number of fused-ring (bicyclic) bond motifs is 2. The Balaban J connectivity index is 1.26. The zero-order chi connectivity index (χ0) is 50.6. The summed E-state index contributed by atoms with van der Waals surface area (Å²) < 4.78 is 19.3. The van der Waals surface area contributed by atoms with Gasteiger partial charge in [0.1, 0.15) is 28.7 Å². The number of amides is 4. The first-order chi connectivity index (χ1) is 34.6. The zero-order valence-electron chi connectivity index (χ0n) is 41.8. The van der Waals surface area contributed by atoms with Crippen LogP contribution in [0.2, 0.25) is 0 Å². The molecule has 4 amide bonds. The van der Waals surface area contributed by atoms with Gasteiger partial charge in [-0.25, -0.2) is 9.80 Å². The molecular formula is C62H54N2O8. The predicted molar refractivity (Wildman–Crippen MR) is 285 cm³/mol. The number of anilines is 2. The normalized spacial score (nSPS) is 13.8. The minimum Gasteiger partial charge on any atom is -0.497 e. The maximum absolute atomic E-state index is 15.6. The fraction of sp³-hybridized carbons (Fsp3) is 0.226. The fourth-order valence-electron chi connectivity index (χ4n) is 11.1. The summed E-state index contributed by atoms with van der Waals surface area (Å²) in [6, 6.07) is 36.9. The molecular weight excluding hydrogens is 901 g/mol. The van der Waals surface area contributed by atoms with Gasteiger partial charge >= 0.3 is 0 Å². The highest BCUT2D eigenvalue weighted by Crippen LogP contribution is 2.54. The number of ether oxygens (including phenoxy) is 3. The van der Waals surface area contributed by atoms with Crippen molar-refractivity contribution < 1.29 is 38.5 Å². The number of aliphatic hydroxyl groups is 1. The van der Waals surface area contributed by atoms with E-state index in [0.717, 1.165) is 22.3 Å². The Morgan fingerprint density at radius 1 is 0.417 bits per heavy atom. The third-order valence-electron chi connectivity index (χ3n) is 14.5. The summed E-state index contributed by atoms with van der Waals surface area (Å²) in [7, 11) is 1.59. The Hall–Kier alpha value is -8.08. The van der Waals surface area contributed by atoms with Crippen molar-refractivity contribution in [3.8, 4) is 28.7 Å². The molecule has 10 nitrogen and oxygen atoms in total. The van der Waals surface area contributed by atoms with Crippen LogP contribution < -0.4 is 24.0 Å². The van der Waals surface area contributed by atoms with Crippen molar-refractivity contribution in [2.75, 3.05) is 16.9 Å². The Kier molecular flexibility index (Phi) is 11.2. The van der Waals surface area contributed by atoms with Crippen LogP contribution in [0.15, 0.2) is 121 Å². The monoisotopic (exact) mass is 954 g/mol. The molecule has 360 valence electrons. The second-order valence-corrected chi connectivity index (χ2v) is 20.2.